The van der Waals surface area contributed by atoms with Crippen LogP contribution in [0.5, 0.6) is 0 Å². The number of hydrogen-bond donors (Lipinski definition) is 2. The molecule has 1 aromatic carbocycles. The molecule has 2 atom stereocenters. The molecule has 0 aliphatic heterocycles. The smallest absolute Gasteiger partial charge is 0.130 e. The van der Waals surface area contributed by atoms with Crippen molar-refractivity contribution in [1.29, 1.82) is 0 Å². The summed E-state index contributed by atoms with van der Waals surface area (Å²) in [5.41, 5.74) is -0.0563. The molecule has 0 saturated heterocycles. The molecule has 0 bridgehead atoms. The third-order valence-corrected chi connectivity index (χ3v) is 2.08. The van der Waals surface area contributed by atoms with E-state index in [4.69, 9.17) is 16.7 Å². The van der Waals surface area contributed by atoms with Gasteiger partial charge in [-0.3, -0.25) is 0 Å². The third kappa shape index (κ3) is 2.18. The summed E-state index contributed by atoms with van der Waals surface area (Å²) in [6.45, 7) is 1.37. The summed E-state index contributed by atoms with van der Waals surface area (Å²) in [7, 11) is 0. The van der Waals surface area contributed by atoms with Gasteiger partial charge in [-0.1, -0.05) is 17.7 Å². The van der Waals surface area contributed by atoms with E-state index in [1.165, 1.54) is 25.1 Å². The van der Waals surface area contributed by atoms with Gasteiger partial charge in [-0.2, -0.15) is 0 Å². The van der Waals surface area contributed by atoms with Crippen LogP contribution in [0.4, 0.5) is 4.39 Å². The molecule has 0 aliphatic carbocycles. The Morgan fingerprint density at radius 2 is 2.00 bits per heavy atom. The van der Waals surface area contributed by atoms with Crippen molar-refractivity contribution in [2.75, 3.05) is 0 Å². The Kier molecular flexibility index (Phi) is 3.25. The maximum atomic E-state index is 13.1. The second-order valence-corrected chi connectivity index (χ2v) is 3.23. The monoisotopic (exact) mass is 204 g/mol. The van der Waals surface area contributed by atoms with Crippen LogP contribution in [0.25, 0.3) is 0 Å². The van der Waals surface area contributed by atoms with E-state index < -0.39 is 18.0 Å². The van der Waals surface area contributed by atoms with E-state index in [1.54, 1.807) is 0 Å². The zero-order chi connectivity index (χ0) is 10.0. The quantitative estimate of drug-likeness (QED) is 0.773. The molecule has 0 heterocycles. The van der Waals surface area contributed by atoms with Gasteiger partial charge in [0, 0.05) is 10.6 Å². The van der Waals surface area contributed by atoms with E-state index in [2.05, 4.69) is 0 Å². The molecule has 0 aromatic heterocycles. The van der Waals surface area contributed by atoms with Crippen molar-refractivity contribution < 1.29 is 14.6 Å². The summed E-state index contributed by atoms with van der Waals surface area (Å²) in [6.07, 6.45) is -2.33. The highest BCUT2D eigenvalue weighted by Crippen LogP contribution is 2.27. The van der Waals surface area contributed by atoms with E-state index in [1.807, 2.05) is 0 Å². The zero-order valence-corrected chi connectivity index (χ0v) is 7.79. The van der Waals surface area contributed by atoms with E-state index in [9.17, 15) is 9.50 Å². The molecular weight excluding hydrogens is 195 g/mol. The fourth-order valence-corrected chi connectivity index (χ4v) is 1.31. The van der Waals surface area contributed by atoms with Gasteiger partial charge in [0.15, 0.2) is 0 Å². The van der Waals surface area contributed by atoms with Crippen LogP contribution in [-0.2, 0) is 0 Å². The highest BCUT2D eigenvalue weighted by atomic mass is 35.5. The first kappa shape index (κ1) is 10.4. The summed E-state index contributed by atoms with van der Waals surface area (Å²) < 4.78 is 13.1. The molecule has 13 heavy (non-hydrogen) atoms. The topological polar surface area (TPSA) is 40.5 Å². The maximum Gasteiger partial charge on any atom is 0.130 e. The number of benzene rings is 1. The molecule has 0 amide bonds. The van der Waals surface area contributed by atoms with Gasteiger partial charge in [-0.25, -0.2) is 4.39 Å². The van der Waals surface area contributed by atoms with Gasteiger partial charge in [0.25, 0.3) is 0 Å². The Bertz CT molecular complexity index is 281. The molecule has 2 unspecified atom stereocenters. The van der Waals surface area contributed by atoms with E-state index in [0.29, 0.717) is 0 Å². The summed E-state index contributed by atoms with van der Waals surface area (Å²) in [4.78, 5) is 0. The highest BCUT2D eigenvalue weighted by molar-refractivity contribution is 6.31. The largest absolute Gasteiger partial charge is 0.390 e. The van der Waals surface area contributed by atoms with Gasteiger partial charge >= 0.3 is 0 Å². The number of halogens is 2. The average molecular weight is 205 g/mol. The summed E-state index contributed by atoms with van der Waals surface area (Å²) >= 11 is 5.66. The first-order valence-electron chi connectivity index (χ1n) is 3.84. The van der Waals surface area contributed by atoms with E-state index in [0.717, 1.165) is 0 Å². The van der Waals surface area contributed by atoms with Crippen LogP contribution in [0.3, 0.4) is 0 Å². The molecule has 0 saturated carbocycles. The Hall–Kier alpha value is -0.640. The first-order valence-corrected chi connectivity index (χ1v) is 4.22. The molecule has 4 heteroatoms. The normalized spacial score (nSPS) is 15.5. The summed E-state index contributed by atoms with van der Waals surface area (Å²) in [5, 5.41) is 18.6. The Balaban J connectivity index is 3.12. The lowest BCUT2D eigenvalue weighted by atomic mass is 10.1. The van der Waals surface area contributed by atoms with Crippen molar-refractivity contribution in [2.45, 2.75) is 19.1 Å². The predicted molar refractivity (Wildman–Crippen MR) is 48.1 cm³/mol. The molecule has 2 N–H and O–H groups in total. The van der Waals surface area contributed by atoms with Crippen LogP contribution in [0, 0.1) is 5.82 Å². The van der Waals surface area contributed by atoms with Crippen molar-refractivity contribution in [3.63, 3.8) is 0 Å². The lowest BCUT2D eigenvalue weighted by Crippen LogP contribution is -2.15. The summed E-state index contributed by atoms with van der Waals surface area (Å²) in [5.74, 6) is -0.610. The standard InChI is InChI=1S/C9H10ClFO2/c1-5(12)9(13)8-6(10)3-2-4-7(8)11/h2-5,9,12-13H,1H3. The number of hydrogen-bond acceptors (Lipinski definition) is 2. The van der Waals surface area contributed by atoms with Gasteiger partial charge < -0.3 is 10.2 Å². The molecular formula is C9H10ClFO2. The summed E-state index contributed by atoms with van der Waals surface area (Å²) in [6, 6.07) is 4.09. The first-order chi connectivity index (χ1) is 6.04. The van der Waals surface area contributed by atoms with Crippen molar-refractivity contribution in [2.24, 2.45) is 0 Å². The van der Waals surface area contributed by atoms with Crippen molar-refractivity contribution in [3.05, 3.63) is 34.6 Å². The second-order valence-electron chi connectivity index (χ2n) is 2.82. The van der Waals surface area contributed by atoms with Gasteiger partial charge in [0.1, 0.15) is 11.9 Å². The molecule has 0 aliphatic rings. The molecule has 0 fully saturated rings. The van der Waals surface area contributed by atoms with Gasteiger partial charge in [-0.05, 0) is 19.1 Å². The average Bonchev–Trinajstić information content (AvgIpc) is 2.03. The van der Waals surface area contributed by atoms with Crippen LogP contribution in [0.15, 0.2) is 18.2 Å². The Labute approximate surface area is 80.6 Å². The van der Waals surface area contributed by atoms with E-state index in [-0.39, 0.29) is 10.6 Å². The van der Waals surface area contributed by atoms with Crippen molar-refractivity contribution in [1.82, 2.24) is 0 Å². The maximum absolute atomic E-state index is 13.1. The third-order valence-electron chi connectivity index (χ3n) is 1.75. The molecule has 2 nitrogen and oxygen atoms in total. The minimum atomic E-state index is -1.28. The number of aliphatic hydroxyl groups is 2. The lowest BCUT2D eigenvalue weighted by Gasteiger charge is -2.15. The Morgan fingerprint density at radius 1 is 1.38 bits per heavy atom. The fraction of sp³-hybridized carbons (Fsp3) is 0.333. The second kappa shape index (κ2) is 4.05. The molecule has 0 radical (unpaired) electrons. The van der Waals surface area contributed by atoms with Crippen LogP contribution in [0.2, 0.25) is 5.02 Å². The van der Waals surface area contributed by atoms with Crippen LogP contribution < -0.4 is 0 Å². The molecule has 1 aromatic rings. The Morgan fingerprint density at radius 3 is 2.46 bits per heavy atom. The number of rotatable bonds is 2. The predicted octanol–water partition coefficient (Wildman–Crippen LogP) is 1.89. The van der Waals surface area contributed by atoms with E-state index >= 15 is 0 Å². The number of aliphatic hydroxyl groups excluding tert-OH is 2. The minimum absolute atomic E-state index is 0.0563. The SMILES string of the molecule is CC(O)C(O)c1c(F)cccc1Cl. The highest BCUT2D eigenvalue weighted by Gasteiger charge is 2.20. The van der Waals surface area contributed by atoms with Gasteiger partial charge in [0.05, 0.1) is 6.10 Å². The van der Waals surface area contributed by atoms with Crippen molar-refractivity contribution >= 4 is 11.6 Å². The minimum Gasteiger partial charge on any atom is -0.390 e. The lowest BCUT2D eigenvalue weighted by molar-refractivity contribution is 0.0284. The van der Waals surface area contributed by atoms with Gasteiger partial charge in [-0.15, -0.1) is 0 Å². The van der Waals surface area contributed by atoms with Crippen LogP contribution >= 0.6 is 11.6 Å². The fourth-order valence-electron chi connectivity index (χ4n) is 1.03. The van der Waals surface area contributed by atoms with Crippen LogP contribution in [-0.4, -0.2) is 16.3 Å². The van der Waals surface area contributed by atoms with Gasteiger partial charge in [0.2, 0.25) is 0 Å². The molecule has 72 valence electrons. The molecule has 1 rings (SSSR count). The van der Waals surface area contributed by atoms with Crippen LogP contribution in [0.1, 0.15) is 18.6 Å². The molecule has 0 spiro atoms. The zero-order valence-electron chi connectivity index (χ0n) is 7.04. The van der Waals surface area contributed by atoms with Crippen molar-refractivity contribution in [3.8, 4) is 0 Å².